The number of hydrogen-bond acceptors (Lipinski definition) is 3. The Labute approximate surface area is 105 Å². The van der Waals surface area contributed by atoms with Gasteiger partial charge in [-0.25, -0.2) is 4.98 Å². The van der Waals surface area contributed by atoms with E-state index in [9.17, 15) is 0 Å². The van der Waals surface area contributed by atoms with E-state index in [0.717, 1.165) is 18.9 Å². The van der Waals surface area contributed by atoms with Crippen LogP contribution < -0.4 is 5.32 Å². The van der Waals surface area contributed by atoms with Gasteiger partial charge in [-0.15, -0.1) is 11.8 Å². The van der Waals surface area contributed by atoms with Gasteiger partial charge in [0.1, 0.15) is 5.82 Å². The Morgan fingerprint density at radius 1 is 1.41 bits per heavy atom. The minimum atomic E-state index is 0.561. The Bertz CT molecular complexity index is 517. The third-order valence-electron chi connectivity index (χ3n) is 3.15. The van der Waals surface area contributed by atoms with Gasteiger partial charge in [0.05, 0.1) is 6.04 Å². The summed E-state index contributed by atoms with van der Waals surface area (Å²) in [5.41, 5.74) is 1.20. The van der Waals surface area contributed by atoms with Crippen molar-refractivity contribution in [2.24, 2.45) is 0 Å². The predicted octanol–water partition coefficient (Wildman–Crippen LogP) is 2.42. The number of nitrogens with zero attached hydrogens (tertiary/aromatic N) is 2. The van der Waals surface area contributed by atoms with Crippen LogP contribution in [0.25, 0.3) is 11.4 Å². The van der Waals surface area contributed by atoms with Crippen LogP contribution in [0.4, 0.5) is 0 Å². The SMILES string of the molecule is CSc1cccc(-c2nccn2C2CNC2)c1. The van der Waals surface area contributed by atoms with Gasteiger partial charge in [0, 0.05) is 35.9 Å². The maximum atomic E-state index is 4.49. The molecule has 2 aromatic rings. The van der Waals surface area contributed by atoms with E-state index in [4.69, 9.17) is 0 Å². The summed E-state index contributed by atoms with van der Waals surface area (Å²) >= 11 is 1.76. The topological polar surface area (TPSA) is 29.9 Å². The molecule has 1 aliphatic heterocycles. The number of nitrogens with one attached hydrogen (secondary N) is 1. The highest BCUT2D eigenvalue weighted by Crippen LogP contribution is 2.26. The van der Waals surface area contributed by atoms with Crippen LogP contribution in [-0.2, 0) is 0 Å². The number of imidazole rings is 1. The van der Waals surface area contributed by atoms with E-state index in [1.807, 2.05) is 6.20 Å². The summed E-state index contributed by atoms with van der Waals surface area (Å²) in [5, 5.41) is 3.30. The first kappa shape index (κ1) is 10.9. The first-order valence-electron chi connectivity index (χ1n) is 5.76. The molecule has 0 atom stereocenters. The normalized spacial score (nSPS) is 15.8. The average molecular weight is 245 g/mol. The van der Waals surface area contributed by atoms with Gasteiger partial charge in [-0.05, 0) is 18.4 Å². The van der Waals surface area contributed by atoms with Crippen LogP contribution in [0, 0.1) is 0 Å². The molecule has 1 aliphatic rings. The maximum absolute atomic E-state index is 4.49. The summed E-state index contributed by atoms with van der Waals surface area (Å²) in [6.45, 7) is 2.09. The zero-order valence-corrected chi connectivity index (χ0v) is 10.6. The van der Waals surface area contributed by atoms with Crippen LogP contribution in [0.5, 0.6) is 0 Å². The summed E-state index contributed by atoms with van der Waals surface area (Å²) in [4.78, 5) is 5.77. The Morgan fingerprint density at radius 2 is 2.29 bits per heavy atom. The van der Waals surface area contributed by atoms with Gasteiger partial charge in [-0.2, -0.15) is 0 Å². The molecule has 1 fully saturated rings. The molecule has 3 rings (SSSR count). The Kier molecular flexibility index (Phi) is 2.91. The summed E-state index contributed by atoms with van der Waals surface area (Å²) in [6.07, 6.45) is 6.06. The van der Waals surface area contributed by atoms with Crippen LogP contribution in [-0.4, -0.2) is 28.9 Å². The van der Waals surface area contributed by atoms with E-state index in [1.54, 1.807) is 11.8 Å². The molecule has 1 aromatic heterocycles. The lowest BCUT2D eigenvalue weighted by Crippen LogP contribution is -2.43. The average Bonchev–Trinajstić information content (AvgIpc) is 2.76. The zero-order valence-electron chi connectivity index (χ0n) is 9.76. The standard InChI is InChI=1S/C13H15N3S/c1-17-12-4-2-3-10(7-12)13-15-5-6-16(13)11-8-14-9-11/h2-7,11,14H,8-9H2,1H3. The summed E-state index contributed by atoms with van der Waals surface area (Å²) in [7, 11) is 0. The smallest absolute Gasteiger partial charge is 0.140 e. The van der Waals surface area contributed by atoms with E-state index >= 15 is 0 Å². The summed E-state index contributed by atoms with van der Waals surface area (Å²) in [6, 6.07) is 9.12. The van der Waals surface area contributed by atoms with E-state index in [0.29, 0.717) is 6.04 Å². The van der Waals surface area contributed by atoms with Crippen molar-refractivity contribution < 1.29 is 0 Å². The van der Waals surface area contributed by atoms with Crippen LogP contribution in [0.1, 0.15) is 6.04 Å². The molecule has 2 heterocycles. The Morgan fingerprint density at radius 3 is 3.00 bits per heavy atom. The molecule has 0 radical (unpaired) electrons. The molecule has 3 nitrogen and oxygen atoms in total. The number of hydrogen-bond donors (Lipinski definition) is 1. The fourth-order valence-electron chi connectivity index (χ4n) is 2.06. The molecule has 0 amide bonds. The molecular weight excluding hydrogens is 230 g/mol. The number of rotatable bonds is 3. The lowest BCUT2D eigenvalue weighted by Gasteiger charge is -2.29. The highest BCUT2D eigenvalue weighted by Gasteiger charge is 2.21. The fourth-order valence-corrected chi connectivity index (χ4v) is 2.52. The molecule has 17 heavy (non-hydrogen) atoms. The van der Waals surface area contributed by atoms with Crippen molar-refractivity contribution in [2.45, 2.75) is 10.9 Å². The third kappa shape index (κ3) is 1.98. The lowest BCUT2D eigenvalue weighted by molar-refractivity contribution is 0.346. The zero-order chi connectivity index (χ0) is 11.7. The highest BCUT2D eigenvalue weighted by atomic mass is 32.2. The minimum Gasteiger partial charge on any atom is -0.325 e. The molecule has 0 aliphatic carbocycles. The van der Waals surface area contributed by atoms with Crippen molar-refractivity contribution in [3.05, 3.63) is 36.7 Å². The maximum Gasteiger partial charge on any atom is 0.140 e. The molecular formula is C13H15N3S. The molecule has 0 spiro atoms. The Hall–Kier alpha value is -1.26. The van der Waals surface area contributed by atoms with Crippen LogP contribution in [0.2, 0.25) is 0 Å². The number of thioether (sulfide) groups is 1. The Balaban J connectivity index is 1.99. The highest BCUT2D eigenvalue weighted by molar-refractivity contribution is 7.98. The second-order valence-corrected chi connectivity index (χ2v) is 5.08. The van der Waals surface area contributed by atoms with Gasteiger partial charge in [0.2, 0.25) is 0 Å². The van der Waals surface area contributed by atoms with Crippen molar-refractivity contribution in [3.8, 4) is 11.4 Å². The van der Waals surface area contributed by atoms with Crippen molar-refractivity contribution in [1.29, 1.82) is 0 Å². The molecule has 1 aromatic carbocycles. The number of benzene rings is 1. The molecule has 1 saturated heterocycles. The van der Waals surface area contributed by atoms with Gasteiger partial charge in [-0.3, -0.25) is 0 Å². The van der Waals surface area contributed by atoms with Crippen LogP contribution in [0.3, 0.4) is 0 Å². The summed E-state index contributed by atoms with van der Waals surface area (Å²) < 4.78 is 2.27. The van der Waals surface area contributed by atoms with E-state index in [2.05, 4.69) is 51.6 Å². The molecule has 4 heteroatoms. The number of aromatic nitrogens is 2. The largest absolute Gasteiger partial charge is 0.325 e. The van der Waals surface area contributed by atoms with E-state index < -0.39 is 0 Å². The second kappa shape index (κ2) is 4.55. The van der Waals surface area contributed by atoms with Gasteiger partial charge in [-0.1, -0.05) is 12.1 Å². The quantitative estimate of drug-likeness (QED) is 0.842. The van der Waals surface area contributed by atoms with Crippen molar-refractivity contribution in [1.82, 2.24) is 14.9 Å². The minimum absolute atomic E-state index is 0.561. The lowest BCUT2D eigenvalue weighted by atomic mass is 10.1. The summed E-state index contributed by atoms with van der Waals surface area (Å²) in [5.74, 6) is 1.08. The van der Waals surface area contributed by atoms with Crippen molar-refractivity contribution in [2.75, 3.05) is 19.3 Å². The van der Waals surface area contributed by atoms with Gasteiger partial charge >= 0.3 is 0 Å². The molecule has 88 valence electrons. The molecule has 0 saturated carbocycles. The van der Waals surface area contributed by atoms with Crippen molar-refractivity contribution >= 4 is 11.8 Å². The third-order valence-corrected chi connectivity index (χ3v) is 3.88. The monoisotopic (exact) mass is 245 g/mol. The molecule has 0 bridgehead atoms. The van der Waals surface area contributed by atoms with Gasteiger partial charge in [0.15, 0.2) is 0 Å². The van der Waals surface area contributed by atoms with Crippen molar-refractivity contribution in [3.63, 3.8) is 0 Å². The fraction of sp³-hybridized carbons (Fsp3) is 0.308. The predicted molar refractivity (Wildman–Crippen MR) is 71.4 cm³/mol. The van der Waals surface area contributed by atoms with Gasteiger partial charge < -0.3 is 9.88 Å². The van der Waals surface area contributed by atoms with Gasteiger partial charge in [0.25, 0.3) is 0 Å². The van der Waals surface area contributed by atoms with E-state index in [1.165, 1.54) is 10.5 Å². The molecule has 0 unspecified atom stereocenters. The first-order valence-corrected chi connectivity index (χ1v) is 6.99. The molecule has 1 N–H and O–H groups in total. The first-order chi connectivity index (χ1) is 8.38. The van der Waals surface area contributed by atoms with Crippen LogP contribution in [0.15, 0.2) is 41.6 Å². The second-order valence-electron chi connectivity index (χ2n) is 4.20. The van der Waals surface area contributed by atoms with Crippen LogP contribution >= 0.6 is 11.8 Å². The van der Waals surface area contributed by atoms with E-state index in [-0.39, 0.29) is 0 Å².